The molecule has 1 heterocycles. The van der Waals surface area contributed by atoms with Gasteiger partial charge in [-0.3, -0.25) is 4.98 Å². The van der Waals surface area contributed by atoms with Crippen LogP contribution in [0.3, 0.4) is 0 Å². The van der Waals surface area contributed by atoms with Gasteiger partial charge in [-0.15, -0.1) is 0 Å². The summed E-state index contributed by atoms with van der Waals surface area (Å²) < 4.78 is 10.1. The highest BCUT2D eigenvalue weighted by molar-refractivity contribution is 5.38. The lowest BCUT2D eigenvalue weighted by molar-refractivity contribution is 0.0759. The van der Waals surface area contributed by atoms with Crippen molar-refractivity contribution in [1.82, 2.24) is 9.97 Å². The van der Waals surface area contributed by atoms with Crippen molar-refractivity contribution < 1.29 is 9.47 Å². The third kappa shape index (κ3) is 5.14. The number of nitrogen functional groups attached to an aromatic ring is 1. The zero-order valence-electron chi connectivity index (χ0n) is 8.77. The summed E-state index contributed by atoms with van der Waals surface area (Å²) in [6.07, 6.45) is 3.12. The summed E-state index contributed by atoms with van der Waals surface area (Å²) >= 11 is 0. The molecule has 84 valence electrons. The number of hydrogen-bond donors (Lipinski definition) is 2. The molecule has 0 spiro atoms. The van der Waals surface area contributed by atoms with Crippen LogP contribution in [0.2, 0.25) is 0 Å². The number of ether oxygens (including phenoxy) is 2. The van der Waals surface area contributed by atoms with E-state index in [1.807, 2.05) is 0 Å². The van der Waals surface area contributed by atoms with Gasteiger partial charge in [-0.1, -0.05) is 0 Å². The number of nitrogens with one attached hydrogen (secondary N) is 1. The maximum atomic E-state index is 5.47. The number of nitrogens with zero attached hydrogens (tertiary/aromatic N) is 2. The van der Waals surface area contributed by atoms with Crippen LogP contribution in [0.1, 0.15) is 0 Å². The Morgan fingerprint density at radius 1 is 1.33 bits per heavy atom. The number of aromatic nitrogens is 2. The molecule has 0 aliphatic carbocycles. The lowest BCUT2D eigenvalue weighted by Crippen LogP contribution is -2.13. The molecule has 0 bridgehead atoms. The summed E-state index contributed by atoms with van der Waals surface area (Å²) in [5.41, 5.74) is 5.47. The highest BCUT2D eigenvalue weighted by Crippen LogP contribution is 2.01. The molecular weight excluding hydrogens is 196 g/mol. The van der Waals surface area contributed by atoms with E-state index in [1.54, 1.807) is 13.3 Å². The molecule has 0 saturated heterocycles. The number of hydrogen-bond acceptors (Lipinski definition) is 6. The minimum Gasteiger partial charge on any atom is -0.382 e. The smallest absolute Gasteiger partial charge is 0.147 e. The van der Waals surface area contributed by atoms with Gasteiger partial charge in [-0.05, 0) is 0 Å². The van der Waals surface area contributed by atoms with Gasteiger partial charge < -0.3 is 20.5 Å². The second-order valence-corrected chi connectivity index (χ2v) is 2.86. The first kappa shape index (κ1) is 11.7. The quantitative estimate of drug-likeness (QED) is 0.625. The standard InChI is InChI=1S/C9H16N4O2/c1-14-4-5-15-3-2-12-9-7-11-6-8(10)13-9/h6-7H,2-5H2,1H3,(H3,10,12,13). The molecule has 0 aliphatic rings. The van der Waals surface area contributed by atoms with E-state index in [2.05, 4.69) is 15.3 Å². The van der Waals surface area contributed by atoms with Crippen molar-refractivity contribution in [3.63, 3.8) is 0 Å². The van der Waals surface area contributed by atoms with Gasteiger partial charge in [0.2, 0.25) is 0 Å². The third-order valence-corrected chi connectivity index (χ3v) is 1.64. The van der Waals surface area contributed by atoms with E-state index in [0.29, 0.717) is 38.0 Å². The van der Waals surface area contributed by atoms with Gasteiger partial charge in [0.05, 0.1) is 32.2 Å². The largest absolute Gasteiger partial charge is 0.382 e. The molecule has 0 saturated carbocycles. The molecule has 0 radical (unpaired) electrons. The van der Waals surface area contributed by atoms with Crippen molar-refractivity contribution in [3.05, 3.63) is 12.4 Å². The van der Waals surface area contributed by atoms with Crippen molar-refractivity contribution in [3.8, 4) is 0 Å². The Morgan fingerprint density at radius 3 is 2.93 bits per heavy atom. The number of anilines is 2. The second-order valence-electron chi connectivity index (χ2n) is 2.86. The predicted molar refractivity (Wildman–Crippen MR) is 57.6 cm³/mol. The van der Waals surface area contributed by atoms with E-state index in [4.69, 9.17) is 15.2 Å². The molecule has 15 heavy (non-hydrogen) atoms. The Balaban J connectivity index is 2.10. The lowest BCUT2D eigenvalue weighted by Gasteiger charge is -2.06. The first-order valence-electron chi connectivity index (χ1n) is 4.71. The van der Waals surface area contributed by atoms with Crippen LogP contribution in [0.5, 0.6) is 0 Å². The van der Waals surface area contributed by atoms with Crippen molar-refractivity contribution >= 4 is 11.6 Å². The van der Waals surface area contributed by atoms with Gasteiger partial charge in [0.25, 0.3) is 0 Å². The molecule has 6 heteroatoms. The molecule has 0 unspecified atom stereocenters. The van der Waals surface area contributed by atoms with Crippen LogP contribution in [0, 0.1) is 0 Å². The SMILES string of the molecule is COCCOCCNc1cncc(N)n1. The average Bonchev–Trinajstić information content (AvgIpc) is 2.23. The van der Waals surface area contributed by atoms with Crippen molar-refractivity contribution in [1.29, 1.82) is 0 Å². The van der Waals surface area contributed by atoms with Gasteiger partial charge >= 0.3 is 0 Å². The van der Waals surface area contributed by atoms with Crippen LogP contribution in [0.15, 0.2) is 12.4 Å². The number of nitrogens with two attached hydrogens (primary N) is 1. The van der Waals surface area contributed by atoms with Crippen molar-refractivity contribution in [2.45, 2.75) is 0 Å². The first-order chi connectivity index (χ1) is 7.33. The highest BCUT2D eigenvalue weighted by Gasteiger charge is 1.94. The van der Waals surface area contributed by atoms with Crippen LogP contribution in [0.25, 0.3) is 0 Å². The normalized spacial score (nSPS) is 10.2. The zero-order chi connectivity index (χ0) is 10.9. The molecule has 0 aromatic carbocycles. The van der Waals surface area contributed by atoms with E-state index in [9.17, 15) is 0 Å². The third-order valence-electron chi connectivity index (χ3n) is 1.64. The van der Waals surface area contributed by atoms with E-state index >= 15 is 0 Å². The predicted octanol–water partition coefficient (Wildman–Crippen LogP) is 0.134. The molecule has 0 fully saturated rings. The molecule has 3 N–H and O–H groups in total. The summed E-state index contributed by atoms with van der Waals surface area (Å²) in [6.45, 7) is 2.47. The molecule has 0 amide bonds. The fraction of sp³-hybridized carbons (Fsp3) is 0.556. The fourth-order valence-electron chi connectivity index (χ4n) is 0.962. The van der Waals surface area contributed by atoms with E-state index in [1.165, 1.54) is 6.20 Å². The zero-order valence-corrected chi connectivity index (χ0v) is 8.77. The summed E-state index contributed by atoms with van der Waals surface area (Å²) in [5.74, 6) is 1.06. The number of methoxy groups -OCH3 is 1. The first-order valence-corrected chi connectivity index (χ1v) is 4.71. The van der Waals surface area contributed by atoms with Crippen LogP contribution in [0.4, 0.5) is 11.6 Å². The summed E-state index contributed by atoms with van der Waals surface area (Å²) in [7, 11) is 1.64. The molecular formula is C9H16N4O2. The number of rotatable bonds is 7. The molecule has 1 aromatic heterocycles. The van der Waals surface area contributed by atoms with Crippen LogP contribution in [-0.4, -0.2) is 43.4 Å². The van der Waals surface area contributed by atoms with E-state index < -0.39 is 0 Å². The summed E-state index contributed by atoms with van der Waals surface area (Å²) in [4.78, 5) is 7.93. The Bertz CT molecular complexity index is 283. The van der Waals surface area contributed by atoms with E-state index in [0.717, 1.165) is 0 Å². The monoisotopic (exact) mass is 212 g/mol. The van der Waals surface area contributed by atoms with Crippen molar-refractivity contribution in [2.24, 2.45) is 0 Å². The van der Waals surface area contributed by atoms with Gasteiger partial charge in [-0.2, -0.15) is 0 Å². The van der Waals surface area contributed by atoms with Gasteiger partial charge in [0, 0.05) is 13.7 Å². The summed E-state index contributed by atoms with van der Waals surface area (Å²) in [5, 5.41) is 3.04. The average molecular weight is 212 g/mol. The van der Waals surface area contributed by atoms with Crippen LogP contribution in [-0.2, 0) is 9.47 Å². The van der Waals surface area contributed by atoms with Crippen LogP contribution < -0.4 is 11.1 Å². The van der Waals surface area contributed by atoms with Crippen LogP contribution >= 0.6 is 0 Å². The molecule has 0 aliphatic heterocycles. The maximum Gasteiger partial charge on any atom is 0.147 e. The lowest BCUT2D eigenvalue weighted by atomic mass is 10.6. The molecule has 1 aromatic rings. The van der Waals surface area contributed by atoms with Gasteiger partial charge in [0.1, 0.15) is 11.6 Å². The minimum atomic E-state index is 0.403. The fourth-order valence-corrected chi connectivity index (χ4v) is 0.962. The molecule has 0 atom stereocenters. The summed E-state index contributed by atoms with van der Waals surface area (Å²) in [6, 6.07) is 0. The van der Waals surface area contributed by atoms with Gasteiger partial charge in [0.15, 0.2) is 0 Å². The topological polar surface area (TPSA) is 82.3 Å². The second kappa shape index (κ2) is 6.97. The van der Waals surface area contributed by atoms with E-state index in [-0.39, 0.29) is 0 Å². The Morgan fingerprint density at radius 2 is 2.20 bits per heavy atom. The Labute approximate surface area is 88.8 Å². The van der Waals surface area contributed by atoms with Crippen molar-refractivity contribution in [2.75, 3.05) is 44.5 Å². The molecule has 1 rings (SSSR count). The highest BCUT2D eigenvalue weighted by atomic mass is 16.5. The molecule has 6 nitrogen and oxygen atoms in total. The minimum absolute atomic E-state index is 0.403. The Hall–Kier alpha value is -1.40. The Kier molecular flexibility index (Phi) is 5.42. The van der Waals surface area contributed by atoms with Gasteiger partial charge in [-0.25, -0.2) is 4.98 Å². The maximum absolute atomic E-state index is 5.47.